The van der Waals surface area contributed by atoms with Gasteiger partial charge in [-0.25, -0.2) is 4.98 Å². The molecule has 4 nitrogen and oxygen atoms in total. The molecule has 0 spiro atoms. The Kier molecular flexibility index (Phi) is 4.99. The number of hydrogen-bond donors (Lipinski definition) is 1. The number of hydrogen-bond acceptors (Lipinski definition) is 4. The summed E-state index contributed by atoms with van der Waals surface area (Å²) < 4.78 is 0. The van der Waals surface area contributed by atoms with Crippen molar-refractivity contribution in [2.45, 2.75) is 39.0 Å². The fraction of sp³-hybridized carbons (Fsp3) is 0.692. The van der Waals surface area contributed by atoms with Crippen LogP contribution in [0, 0.1) is 0 Å². The monoisotopic (exact) mass is 267 g/mol. The normalized spacial score (nSPS) is 15.1. The maximum Gasteiger partial charge on any atom is 0.219 e. The van der Waals surface area contributed by atoms with Crippen LogP contribution in [0.4, 0.5) is 5.13 Å². The maximum atomic E-state index is 11.3. The zero-order valence-corrected chi connectivity index (χ0v) is 11.8. The summed E-state index contributed by atoms with van der Waals surface area (Å²) in [6, 6.07) is 0. The third-order valence-electron chi connectivity index (χ3n) is 3.10. The minimum absolute atomic E-state index is 0.146. The summed E-state index contributed by atoms with van der Waals surface area (Å²) in [6.07, 6.45) is 4.92. The smallest absolute Gasteiger partial charge is 0.219 e. The summed E-state index contributed by atoms with van der Waals surface area (Å²) >= 11 is 1.72. The molecule has 1 N–H and O–H groups in total. The first-order valence-electron chi connectivity index (χ1n) is 6.75. The van der Waals surface area contributed by atoms with Crippen LogP contribution in [-0.4, -0.2) is 30.5 Å². The molecule has 0 aliphatic carbocycles. The fourth-order valence-electron chi connectivity index (χ4n) is 2.11. The largest absolute Gasteiger partial charge is 0.356 e. The number of anilines is 1. The molecular weight excluding hydrogens is 246 g/mol. The lowest BCUT2D eigenvalue weighted by molar-refractivity contribution is -0.121. The maximum absolute atomic E-state index is 11.3. The van der Waals surface area contributed by atoms with E-state index in [0.717, 1.165) is 36.8 Å². The number of aromatic nitrogens is 1. The molecule has 2 rings (SSSR count). The highest BCUT2D eigenvalue weighted by molar-refractivity contribution is 7.13. The Bertz CT molecular complexity index is 385. The summed E-state index contributed by atoms with van der Waals surface area (Å²) in [5.41, 5.74) is 1.10. The summed E-state index contributed by atoms with van der Waals surface area (Å²) in [5, 5.41) is 6.17. The first kappa shape index (κ1) is 13.3. The molecule has 1 aliphatic heterocycles. The highest BCUT2D eigenvalue weighted by Crippen LogP contribution is 2.24. The summed E-state index contributed by atoms with van der Waals surface area (Å²) in [4.78, 5) is 18.3. The molecule has 2 heterocycles. The van der Waals surface area contributed by atoms with Crippen LogP contribution in [0.3, 0.4) is 0 Å². The minimum atomic E-state index is 0.146. The second kappa shape index (κ2) is 6.73. The van der Waals surface area contributed by atoms with Crippen molar-refractivity contribution in [2.24, 2.45) is 0 Å². The van der Waals surface area contributed by atoms with Crippen LogP contribution in [0.15, 0.2) is 5.38 Å². The van der Waals surface area contributed by atoms with E-state index in [1.807, 2.05) is 6.92 Å². The van der Waals surface area contributed by atoms with E-state index in [4.69, 9.17) is 0 Å². The van der Waals surface area contributed by atoms with E-state index >= 15 is 0 Å². The van der Waals surface area contributed by atoms with Crippen molar-refractivity contribution in [1.29, 1.82) is 0 Å². The van der Waals surface area contributed by atoms with Crippen molar-refractivity contribution in [1.82, 2.24) is 10.3 Å². The van der Waals surface area contributed by atoms with Crippen LogP contribution in [0.1, 0.15) is 38.3 Å². The highest BCUT2D eigenvalue weighted by atomic mass is 32.1. The Morgan fingerprint density at radius 2 is 2.28 bits per heavy atom. The number of nitrogens with one attached hydrogen (secondary N) is 1. The number of thiazole rings is 1. The predicted octanol–water partition coefficient (Wildman–Crippen LogP) is 2.20. The Morgan fingerprint density at radius 3 is 3.00 bits per heavy atom. The molecule has 0 unspecified atom stereocenters. The van der Waals surface area contributed by atoms with Crippen molar-refractivity contribution in [3.8, 4) is 0 Å². The first-order valence-corrected chi connectivity index (χ1v) is 7.63. The molecule has 5 heteroatoms. The standard InChI is InChI=1S/C13H21N3OS/c1-2-5-12(17)14-7-6-11-10-18-13(15-11)16-8-3-4-9-16/h10H,2-9H2,1H3,(H,14,17). The molecule has 18 heavy (non-hydrogen) atoms. The van der Waals surface area contributed by atoms with E-state index in [1.54, 1.807) is 11.3 Å². The van der Waals surface area contributed by atoms with E-state index in [0.29, 0.717) is 13.0 Å². The van der Waals surface area contributed by atoms with Gasteiger partial charge >= 0.3 is 0 Å². The van der Waals surface area contributed by atoms with Gasteiger partial charge in [0, 0.05) is 37.9 Å². The molecule has 1 aromatic heterocycles. The lowest BCUT2D eigenvalue weighted by Gasteiger charge is -2.12. The molecule has 0 atom stereocenters. The van der Waals surface area contributed by atoms with Gasteiger partial charge in [-0.1, -0.05) is 6.92 Å². The van der Waals surface area contributed by atoms with E-state index in [9.17, 15) is 4.79 Å². The van der Waals surface area contributed by atoms with E-state index in [1.165, 1.54) is 12.8 Å². The summed E-state index contributed by atoms with van der Waals surface area (Å²) in [7, 11) is 0. The van der Waals surface area contributed by atoms with Crippen LogP contribution in [0.5, 0.6) is 0 Å². The first-order chi connectivity index (χ1) is 8.79. The topological polar surface area (TPSA) is 45.2 Å². The van der Waals surface area contributed by atoms with Crippen molar-refractivity contribution < 1.29 is 4.79 Å². The zero-order chi connectivity index (χ0) is 12.8. The molecule has 1 aromatic rings. The molecule has 0 aromatic carbocycles. The van der Waals surface area contributed by atoms with Crippen LogP contribution in [0.25, 0.3) is 0 Å². The van der Waals surface area contributed by atoms with Gasteiger partial charge in [0.25, 0.3) is 0 Å². The highest BCUT2D eigenvalue weighted by Gasteiger charge is 2.15. The molecular formula is C13H21N3OS. The van der Waals surface area contributed by atoms with Crippen molar-refractivity contribution in [2.75, 3.05) is 24.5 Å². The van der Waals surface area contributed by atoms with Crippen LogP contribution in [-0.2, 0) is 11.2 Å². The number of nitrogens with zero attached hydrogens (tertiary/aromatic N) is 2. The van der Waals surface area contributed by atoms with E-state index in [-0.39, 0.29) is 5.91 Å². The van der Waals surface area contributed by atoms with Gasteiger partial charge in [0.1, 0.15) is 0 Å². The van der Waals surface area contributed by atoms with Crippen molar-refractivity contribution in [3.05, 3.63) is 11.1 Å². The SMILES string of the molecule is CCCC(=O)NCCc1csc(N2CCCC2)n1. The molecule has 1 fully saturated rings. The quantitative estimate of drug-likeness (QED) is 0.859. The van der Waals surface area contributed by atoms with Gasteiger partial charge in [-0.05, 0) is 19.3 Å². The average Bonchev–Trinajstić information content (AvgIpc) is 2.99. The summed E-state index contributed by atoms with van der Waals surface area (Å²) in [6.45, 7) is 4.99. The molecule has 1 saturated heterocycles. The molecule has 0 saturated carbocycles. The lowest BCUT2D eigenvalue weighted by atomic mass is 10.3. The van der Waals surface area contributed by atoms with Gasteiger partial charge in [0.05, 0.1) is 5.69 Å². The minimum Gasteiger partial charge on any atom is -0.356 e. The van der Waals surface area contributed by atoms with Crippen molar-refractivity contribution in [3.63, 3.8) is 0 Å². The molecule has 1 aliphatic rings. The summed E-state index contributed by atoms with van der Waals surface area (Å²) in [5.74, 6) is 0.146. The Balaban J connectivity index is 1.74. The number of amides is 1. The second-order valence-corrected chi connectivity index (χ2v) is 5.50. The van der Waals surface area contributed by atoms with Gasteiger partial charge < -0.3 is 10.2 Å². The Morgan fingerprint density at radius 1 is 1.50 bits per heavy atom. The third kappa shape index (κ3) is 3.70. The van der Waals surface area contributed by atoms with E-state index in [2.05, 4.69) is 20.6 Å². The number of rotatable bonds is 6. The van der Waals surface area contributed by atoms with Gasteiger partial charge in [-0.3, -0.25) is 4.79 Å². The second-order valence-electron chi connectivity index (χ2n) is 4.67. The van der Waals surface area contributed by atoms with E-state index < -0.39 is 0 Å². The van der Waals surface area contributed by atoms with Gasteiger partial charge in [0.2, 0.25) is 5.91 Å². The zero-order valence-electron chi connectivity index (χ0n) is 10.9. The van der Waals surface area contributed by atoms with Crippen LogP contribution in [0.2, 0.25) is 0 Å². The van der Waals surface area contributed by atoms with Gasteiger partial charge in [0.15, 0.2) is 5.13 Å². The number of carbonyl (C=O) groups is 1. The van der Waals surface area contributed by atoms with Crippen LogP contribution >= 0.6 is 11.3 Å². The molecule has 0 radical (unpaired) electrons. The molecule has 1 amide bonds. The Labute approximate surface area is 112 Å². The average molecular weight is 267 g/mol. The predicted molar refractivity (Wildman–Crippen MR) is 75.2 cm³/mol. The molecule has 100 valence electrons. The lowest BCUT2D eigenvalue weighted by Crippen LogP contribution is -2.25. The fourth-order valence-corrected chi connectivity index (χ4v) is 3.02. The van der Waals surface area contributed by atoms with Crippen molar-refractivity contribution >= 4 is 22.4 Å². The van der Waals surface area contributed by atoms with Gasteiger partial charge in [-0.2, -0.15) is 0 Å². The number of carbonyl (C=O) groups excluding carboxylic acids is 1. The van der Waals surface area contributed by atoms with Gasteiger partial charge in [-0.15, -0.1) is 11.3 Å². The Hall–Kier alpha value is -1.10. The third-order valence-corrected chi connectivity index (χ3v) is 4.05. The van der Waals surface area contributed by atoms with Crippen LogP contribution < -0.4 is 10.2 Å². The molecule has 0 bridgehead atoms.